The third kappa shape index (κ3) is 6.42. The monoisotopic (exact) mass is 400 g/mol. The Morgan fingerprint density at radius 2 is 1.86 bits per heavy atom. The van der Waals surface area contributed by atoms with Crippen LogP contribution < -0.4 is 5.32 Å². The maximum atomic E-state index is 13.4. The second kappa shape index (κ2) is 10.9. The van der Waals surface area contributed by atoms with Crippen molar-refractivity contribution < 1.29 is 4.39 Å². The van der Waals surface area contributed by atoms with Gasteiger partial charge in [-0.1, -0.05) is 75.4 Å². The second-order valence-corrected chi connectivity index (χ2v) is 7.54. The molecule has 0 bridgehead atoms. The van der Waals surface area contributed by atoms with Crippen LogP contribution in [0.25, 0.3) is 0 Å². The summed E-state index contributed by atoms with van der Waals surface area (Å²) in [5, 5.41) is 3.71. The highest BCUT2D eigenvalue weighted by atomic mass is 35.5. The summed E-state index contributed by atoms with van der Waals surface area (Å²) in [7, 11) is 0. The van der Waals surface area contributed by atoms with Crippen molar-refractivity contribution in [2.24, 2.45) is 5.92 Å². The Hall–Kier alpha value is -2.26. The fourth-order valence-electron chi connectivity index (χ4n) is 3.23. The molecule has 2 aromatic carbocycles. The largest absolute Gasteiger partial charge is 0.384 e. The van der Waals surface area contributed by atoms with Gasteiger partial charge >= 0.3 is 0 Å². The van der Waals surface area contributed by atoms with Crippen molar-refractivity contribution in [1.29, 1.82) is 0 Å². The third-order valence-corrected chi connectivity index (χ3v) is 4.79. The van der Waals surface area contributed by atoms with Gasteiger partial charge in [0.1, 0.15) is 5.82 Å². The molecule has 2 aromatic rings. The Morgan fingerprint density at radius 3 is 2.50 bits per heavy atom. The molecule has 28 heavy (non-hydrogen) atoms. The van der Waals surface area contributed by atoms with Crippen molar-refractivity contribution in [1.82, 2.24) is 10.2 Å². The maximum absolute atomic E-state index is 13.4. The second-order valence-electron chi connectivity index (χ2n) is 7.10. The molecule has 1 atom stereocenters. The highest BCUT2D eigenvalue weighted by Gasteiger charge is 2.28. The summed E-state index contributed by atoms with van der Waals surface area (Å²) in [5.74, 6) is -0.123. The number of halogens is 2. The average molecular weight is 401 g/mol. The lowest BCUT2D eigenvalue weighted by atomic mass is 10.0. The normalized spacial score (nSPS) is 15.8. The molecule has 0 saturated carbocycles. The Balaban J connectivity index is 0.000000878. The molecule has 150 valence electrons. The molecule has 1 unspecified atom stereocenters. The van der Waals surface area contributed by atoms with Crippen LogP contribution in [0.4, 0.5) is 4.39 Å². The molecule has 2 nitrogen and oxygen atoms in total. The minimum atomic E-state index is -0.325. The van der Waals surface area contributed by atoms with Gasteiger partial charge in [-0.2, -0.15) is 0 Å². The first-order chi connectivity index (χ1) is 13.4. The zero-order chi connectivity index (χ0) is 20.5. The summed E-state index contributed by atoms with van der Waals surface area (Å²) < 4.78 is 13.4. The van der Waals surface area contributed by atoms with Crippen LogP contribution >= 0.6 is 11.6 Å². The molecule has 1 heterocycles. The Labute approximate surface area is 173 Å². The zero-order valence-corrected chi connectivity index (χ0v) is 17.6. The lowest BCUT2D eigenvalue weighted by Gasteiger charge is -2.23. The van der Waals surface area contributed by atoms with E-state index >= 15 is 0 Å². The Bertz CT molecular complexity index is 768. The smallest absolute Gasteiger partial charge is 0.125 e. The number of likely N-dealkylation sites (tertiary alicyclic amines) is 1. The minimum Gasteiger partial charge on any atom is -0.384 e. The molecule has 0 amide bonds. The molecule has 1 saturated heterocycles. The fraction of sp³-hybridized carbons (Fsp3) is 0.333. The Morgan fingerprint density at radius 1 is 1.18 bits per heavy atom. The van der Waals surface area contributed by atoms with Gasteiger partial charge in [0, 0.05) is 42.0 Å². The van der Waals surface area contributed by atoms with Crippen LogP contribution in [-0.2, 0) is 13.1 Å². The van der Waals surface area contributed by atoms with Crippen LogP contribution in [0, 0.1) is 11.7 Å². The van der Waals surface area contributed by atoms with E-state index in [2.05, 4.69) is 61.5 Å². The van der Waals surface area contributed by atoms with E-state index in [1.807, 2.05) is 6.07 Å². The van der Waals surface area contributed by atoms with Crippen LogP contribution in [0.2, 0.25) is 5.02 Å². The molecular formula is C24H30ClFN2. The number of hydrogen-bond donors (Lipinski definition) is 1. The molecule has 1 N–H and O–H groups in total. The summed E-state index contributed by atoms with van der Waals surface area (Å²) in [6.45, 7) is 15.0. The molecule has 3 rings (SSSR count). The summed E-state index contributed by atoms with van der Waals surface area (Å²) in [6.07, 6.45) is 2.24. The first-order valence-electron chi connectivity index (χ1n) is 9.79. The van der Waals surface area contributed by atoms with Gasteiger partial charge in [0.2, 0.25) is 0 Å². The van der Waals surface area contributed by atoms with Crippen LogP contribution in [-0.4, -0.2) is 11.4 Å². The quantitative estimate of drug-likeness (QED) is 0.592. The molecule has 1 aliphatic rings. The summed E-state index contributed by atoms with van der Waals surface area (Å²) in [4.78, 5) is 2.30. The number of nitrogens with zero attached hydrogens (tertiary/aromatic N) is 1. The van der Waals surface area contributed by atoms with Gasteiger partial charge in [-0.3, -0.25) is 0 Å². The molecule has 0 spiro atoms. The molecule has 1 fully saturated rings. The SMILES string of the molecule is C=C(NCc1cc(F)cc(Cl)c1)C1CCN(Cc2ccccc2)C1=C.CCC. The van der Waals surface area contributed by atoms with E-state index in [4.69, 9.17) is 11.6 Å². The van der Waals surface area contributed by atoms with Crippen LogP contribution in [0.1, 0.15) is 37.8 Å². The van der Waals surface area contributed by atoms with Gasteiger partial charge < -0.3 is 10.2 Å². The lowest BCUT2D eigenvalue weighted by Crippen LogP contribution is -2.22. The molecule has 0 aliphatic carbocycles. The van der Waals surface area contributed by atoms with Gasteiger partial charge in [0.25, 0.3) is 0 Å². The van der Waals surface area contributed by atoms with Crippen LogP contribution in [0.5, 0.6) is 0 Å². The zero-order valence-electron chi connectivity index (χ0n) is 16.8. The fourth-order valence-corrected chi connectivity index (χ4v) is 3.47. The van der Waals surface area contributed by atoms with E-state index in [0.717, 1.165) is 36.5 Å². The van der Waals surface area contributed by atoms with Crippen molar-refractivity contribution in [3.8, 4) is 0 Å². The predicted molar refractivity (Wildman–Crippen MR) is 117 cm³/mol. The maximum Gasteiger partial charge on any atom is 0.125 e. The van der Waals surface area contributed by atoms with Gasteiger partial charge in [-0.05, 0) is 35.7 Å². The first-order valence-corrected chi connectivity index (χ1v) is 10.2. The topological polar surface area (TPSA) is 15.3 Å². The van der Waals surface area contributed by atoms with Crippen molar-refractivity contribution in [2.45, 2.75) is 39.8 Å². The minimum absolute atomic E-state index is 0.202. The number of hydrogen-bond acceptors (Lipinski definition) is 2. The van der Waals surface area contributed by atoms with Crippen molar-refractivity contribution >= 4 is 11.6 Å². The van der Waals surface area contributed by atoms with E-state index in [9.17, 15) is 4.39 Å². The lowest BCUT2D eigenvalue weighted by molar-refractivity contribution is 0.384. The number of rotatable bonds is 6. The van der Waals surface area contributed by atoms with Crippen LogP contribution in [0.15, 0.2) is 73.1 Å². The molecule has 1 aliphatic heterocycles. The number of nitrogens with one attached hydrogen (secondary N) is 1. The Kier molecular flexibility index (Phi) is 8.59. The highest BCUT2D eigenvalue weighted by Crippen LogP contribution is 2.32. The average Bonchev–Trinajstić information content (AvgIpc) is 3.01. The highest BCUT2D eigenvalue weighted by molar-refractivity contribution is 6.30. The van der Waals surface area contributed by atoms with E-state index in [1.54, 1.807) is 6.07 Å². The molecule has 4 heteroatoms. The van der Waals surface area contributed by atoms with Crippen molar-refractivity contribution in [3.05, 3.63) is 95.0 Å². The summed E-state index contributed by atoms with van der Waals surface area (Å²) in [6, 6.07) is 14.9. The summed E-state index contributed by atoms with van der Waals surface area (Å²) >= 11 is 5.90. The first kappa shape index (κ1) is 22.0. The van der Waals surface area contributed by atoms with Crippen molar-refractivity contribution in [3.63, 3.8) is 0 Å². The van der Waals surface area contributed by atoms with Crippen molar-refractivity contribution in [2.75, 3.05) is 6.54 Å². The third-order valence-electron chi connectivity index (χ3n) is 4.57. The van der Waals surface area contributed by atoms with Gasteiger partial charge in [0.05, 0.1) is 0 Å². The molecule has 0 radical (unpaired) electrons. The van der Waals surface area contributed by atoms with E-state index in [1.165, 1.54) is 24.1 Å². The standard InChI is InChI=1S/C21H22ClFN2.C3H8/c1-15(24-13-18-10-19(22)12-20(23)11-18)21-8-9-25(16(21)2)14-17-6-4-3-5-7-17;1-3-2/h3-7,10-12,21,24H,1-2,8-9,13-14H2;3H2,1-2H3. The van der Waals surface area contributed by atoms with E-state index in [-0.39, 0.29) is 11.7 Å². The van der Waals surface area contributed by atoms with Gasteiger partial charge in [0.15, 0.2) is 0 Å². The number of benzene rings is 2. The van der Waals surface area contributed by atoms with Gasteiger partial charge in [-0.15, -0.1) is 0 Å². The predicted octanol–water partition coefficient (Wildman–Crippen LogP) is 6.53. The van der Waals surface area contributed by atoms with Gasteiger partial charge in [-0.25, -0.2) is 4.39 Å². The van der Waals surface area contributed by atoms with Crippen LogP contribution in [0.3, 0.4) is 0 Å². The van der Waals surface area contributed by atoms with E-state index in [0.29, 0.717) is 11.6 Å². The molecular weight excluding hydrogens is 371 g/mol. The molecule has 0 aromatic heterocycles. The summed E-state index contributed by atoms with van der Waals surface area (Å²) in [5.41, 5.74) is 4.08. The van der Waals surface area contributed by atoms with E-state index < -0.39 is 0 Å².